The maximum absolute atomic E-state index is 10.7. The van der Waals surface area contributed by atoms with E-state index in [1.165, 1.54) is 12.8 Å². The minimum Gasteiger partial charge on any atom is -0.392 e. The van der Waals surface area contributed by atoms with Crippen LogP contribution in [0.3, 0.4) is 0 Å². The third kappa shape index (κ3) is 2.67. The molecule has 3 N–H and O–H groups in total. The molecule has 1 saturated heterocycles. The van der Waals surface area contributed by atoms with Crippen molar-refractivity contribution >= 4 is 0 Å². The van der Waals surface area contributed by atoms with Crippen molar-refractivity contribution in [2.45, 2.75) is 51.6 Å². The third-order valence-corrected chi connectivity index (χ3v) is 5.00. The number of hydrogen-bond donors (Lipinski definition) is 2. The van der Waals surface area contributed by atoms with Crippen molar-refractivity contribution in [3.63, 3.8) is 0 Å². The normalized spacial score (nSPS) is 40.4. The number of aliphatic hydroxyl groups is 1. The Morgan fingerprint density at radius 1 is 1.47 bits per heavy atom. The molecule has 1 aliphatic heterocycles. The maximum Gasteiger partial charge on any atom is 0.0658 e. The summed E-state index contributed by atoms with van der Waals surface area (Å²) in [7, 11) is 0. The van der Waals surface area contributed by atoms with Gasteiger partial charge in [-0.2, -0.15) is 0 Å². The van der Waals surface area contributed by atoms with Crippen LogP contribution in [-0.4, -0.2) is 31.0 Å². The van der Waals surface area contributed by atoms with E-state index in [9.17, 15) is 5.11 Å². The van der Waals surface area contributed by atoms with E-state index < -0.39 is 0 Å². The molecule has 0 bridgehead atoms. The van der Waals surface area contributed by atoms with Crippen LogP contribution in [0.5, 0.6) is 0 Å². The smallest absolute Gasteiger partial charge is 0.0658 e. The molecule has 3 heteroatoms. The lowest BCUT2D eigenvalue weighted by molar-refractivity contribution is -0.0673. The Bertz CT molecular complexity index is 240. The van der Waals surface area contributed by atoms with Gasteiger partial charge in [-0.25, -0.2) is 0 Å². The van der Waals surface area contributed by atoms with Crippen LogP contribution in [0.25, 0.3) is 0 Å². The largest absolute Gasteiger partial charge is 0.392 e. The molecule has 1 saturated carbocycles. The number of ether oxygens (including phenoxy) is 1. The highest BCUT2D eigenvalue weighted by atomic mass is 16.5. The standard InChI is InChI=1S/C14H27NO2/c1-2-11-5-6-14(8-11,10-15)13(16)12-4-3-7-17-9-12/h11-13,16H,2-10,15H2,1H3. The molecule has 0 aromatic rings. The Balaban J connectivity index is 2.01. The first-order valence-corrected chi connectivity index (χ1v) is 7.17. The molecule has 3 nitrogen and oxygen atoms in total. The van der Waals surface area contributed by atoms with Crippen LogP contribution >= 0.6 is 0 Å². The van der Waals surface area contributed by atoms with E-state index in [0.717, 1.165) is 44.8 Å². The van der Waals surface area contributed by atoms with E-state index in [0.29, 0.717) is 12.5 Å². The van der Waals surface area contributed by atoms with Crippen LogP contribution in [0.15, 0.2) is 0 Å². The summed E-state index contributed by atoms with van der Waals surface area (Å²) < 4.78 is 5.50. The van der Waals surface area contributed by atoms with Gasteiger partial charge in [-0.15, -0.1) is 0 Å². The van der Waals surface area contributed by atoms with Gasteiger partial charge in [0.2, 0.25) is 0 Å². The molecule has 0 aromatic heterocycles. The molecule has 0 aromatic carbocycles. The molecule has 0 amide bonds. The molecule has 2 rings (SSSR count). The molecule has 0 radical (unpaired) electrons. The average molecular weight is 241 g/mol. The first-order valence-electron chi connectivity index (χ1n) is 7.17. The fourth-order valence-corrected chi connectivity index (χ4v) is 3.71. The predicted octanol–water partition coefficient (Wildman–Crippen LogP) is 1.93. The van der Waals surface area contributed by atoms with E-state index >= 15 is 0 Å². The average Bonchev–Trinajstić information content (AvgIpc) is 2.84. The molecule has 1 heterocycles. The summed E-state index contributed by atoms with van der Waals surface area (Å²) in [6.45, 7) is 4.45. The van der Waals surface area contributed by atoms with Crippen LogP contribution in [0.4, 0.5) is 0 Å². The summed E-state index contributed by atoms with van der Waals surface area (Å²) >= 11 is 0. The van der Waals surface area contributed by atoms with Gasteiger partial charge in [0.15, 0.2) is 0 Å². The zero-order valence-corrected chi connectivity index (χ0v) is 11.0. The second kappa shape index (κ2) is 5.68. The van der Waals surface area contributed by atoms with Gasteiger partial charge in [-0.3, -0.25) is 0 Å². The lowest BCUT2D eigenvalue weighted by Gasteiger charge is -2.39. The zero-order chi connectivity index (χ0) is 12.3. The molecule has 100 valence electrons. The summed E-state index contributed by atoms with van der Waals surface area (Å²) in [5.41, 5.74) is 5.97. The van der Waals surface area contributed by atoms with E-state index in [2.05, 4.69) is 6.92 Å². The molecule has 1 aliphatic carbocycles. The van der Waals surface area contributed by atoms with E-state index in [1.54, 1.807) is 0 Å². The van der Waals surface area contributed by atoms with Crippen LogP contribution in [-0.2, 0) is 4.74 Å². The highest BCUT2D eigenvalue weighted by molar-refractivity contribution is 4.97. The summed E-state index contributed by atoms with van der Waals surface area (Å²) in [4.78, 5) is 0. The van der Waals surface area contributed by atoms with Gasteiger partial charge in [-0.05, 0) is 38.0 Å². The van der Waals surface area contributed by atoms with Crippen LogP contribution in [0.1, 0.15) is 45.4 Å². The molecular weight excluding hydrogens is 214 g/mol. The number of aliphatic hydroxyl groups excluding tert-OH is 1. The van der Waals surface area contributed by atoms with Crippen LogP contribution < -0.4 is 5.73 Å². The van der Waals surface area contributed by atoms with Gasteiger partial charge in [0.05, 0.1) is 12.7 Å². The fourth-order valence-electron chi connectivity index (χ4n) is 3.71. The minimum absolute atomic E-state index is 0.0218. The van der Waals surface area contributed by atoms with Gasteiger partial charge < -0.3 is 15.6 Å². The maximum atomic E-state index is 10.7. The highest BCUT2D eigenvalue weighted by Gasteiger charge is 2.46. The molecular formula is C14H27NO2. The van der Waals surface area contributed by atoms with E-state index in [-0.39, 0.29) is 11.5 Å². The molecule has 4 atom stereocenters. The van der Waals surface area contributed by atoms with Crippen molar-refractivity contribution in [3.8, 4) is 0 Å². The molecule has 2 fully saturated rings. The predicted molar refractivity (Wildman–Crippen MR) is 68.7 cm³/mol. The van der Waals surface area contributed by atoms with E-state index in [1.807, 2.05) is 0 Å². The van der Waals surface area contributed by atoms with Crippen LogP contribution in [0, 0.1) is 17.3 Å². The first-order chi connectivity index (χ1) is 8.22. The molecule has 0 spiro atoms. The van der Waals surface area contributed by atoms with Gasteiger partial charge in [0, 0.05) is 24.5 Å². The fraction of sp³-hybridized carbons (Fsp3) is 1.00. The lowest BCUT2D eigenvalue weighted by atomic mass is 9.73. The quantitative estimate of drug-likeness (QED) is 0.790. The molecule has 2 aliphatic rings. The Morgan fingerprint density at radius 3 is 2.82 bits per heavy atom. The number of hydrogen-bond acceptors (Lipinski definition) is 3. The second-order valence-electron chi connectivity index (χ2n) is 6.01. The van der Waals surface area contributed by atoms with Gasteiger partial charge in [0.25, 0.3) is 0 Å². The summed E-state index contributed by atoms with van der Waals surface area (Å²) in [5, 5.41) is 10.7. The minimum atomic E-state index is -0.260. The van der Waals surface area contributed by atoms with Crippen molar-refractivity contribution in [2.24, 2.45) is 23.0 Å². The Morgan fingerprint density at radius 2 is 2.29 bits per heavy atom. The number of rotatable bonds is 4. The summed E-state index contributed by atoms with van der Waals surface area (Å²) in [5.74, 6) is 1.07. The Kier molecular flexibility index (Phi) is 4.45. The van der Waals surface area contributed by atoms with Gasteiger partial charge in [0.1, 0.15) is 0 Å². The lowest BCUT2D eigenvalue weighted by Crippen LogP contribution is -2.46. The van der Waals surface area contributed by atoms with Gasteiger partial charge in [-0.1, -0.05) is 13.3 Å². The second-order valence-corrected chi connectivity index (χ2v) is 6.01. The summed E-state index contributed by atoms with van der Waals surface area (Å²) in [6, 6.07) is 0. The SMILES string of the molecule is CCC1CCC(CN)(C(O)C2CCCOC2)C1. The van der Waals surface area contributed by atoms with Crippen molar-refractivity contribution in [3.05, 3.63) is 0 Å². The van der Waals surface area contributed by atoms with Gasteiger partial charge >= 0.3 is 0 Å². The van der Waals surface area contributed by atoms with Crippen molar-refractivity contribution in [1.82, 2.24) is 0 Å². The van der Waals surface area contributed by atoms with Crippen molar-refractivity contribution in [1.29, 1.82) is 0 Å². The van der Waals surface area contributed by atoms with Crippen molar-refractivity contribution < 1.29 is 9.84 Å². The van der Waals surface area contributed by atoms with E-state index in [4.69, 9.17) is 10.5 Å². The Labute approximate surface area is 105 Å². The molecule has 4 unspecified atom stereocenters. The van der Waals surface area contributed by atoms with Crippen molar-refractivity contribution in [2.75, 3.05) is 19.8 Å². The Hall–Kier alpha value is -0.120. The topological polar surface area (TPSA) is 55.5 Å². The highest BCUT2D eigenvalue weighted by Crippen LogP contribution is 2.47. The molecule has 17 heavy (non-hydrogen) atoms. The number of nitrogens with two attached hydrogens (primary N) is 1. The van der Waals surface area contributed by atoms with Crippen LogP contribution in [0.2, 0.25) is 0 Å². The first kappa shape index (κ1) is 13.3. The third-order valence-electron chi connectivity index (χ3n) is 5.00. The summed E-state index contributed by atoms with van der Waals surface area (Å²) in [6.07, 6.45) is 6.58. The zero-order valence-electron chi connectivity index (χ0n) is 11.0. The monoisotopic (exact) mass is 241 g/mol.